The molecule has 0 bridgehead atoms. The predicted molar refractivity (Wildman–Crippen MR) is 92.9 cm³/mol. The quantitative estimate of drug-likeness (QED) is 0.658. The van der Waals surface area contributed by atoms with E-state index >= 15 is 0 Å². The maximum atomic E-state index is 5.84. The summed E-state index contributed by atoms with van der Waals surface area (Å²) in [6, 6.07) is 2.14. The molecule has 5 heterocycles. The van der Waals surface area contributed by atoms with Crippen LogP contribution in [0.5, 0.6) is 23.0 Å². The van der Waals surface area contributed by atoms with E-state index in [1.54, 1.807) is 34.0 Å². The summed E-state index contributed by atoms with van der Waals surface area (Å²) in [5.74, 6) is 3.43. The van der Waals surface area contributed by atoms with Crippen molar-refractivity contribution in [1.29, 1.82) is 0 Å². The van der Waals surface area contributed by atoms with Crippen molar-refractivity contribution >= 4 is 34.0 Å². The Bertz CT molecular complexity index is 792. The minimum Gasteiger partial charge on any atom is -0.485 e. The molecule has 2 aliphatic heterocycles. The van der Waals surface area contributed by atoms with E-state index in [0.29, 0.717) is 26.4 Å². The maximum absolute atomic E-state index is 5.84. The van der Waals surface area contributed by atoms with E-state index in [9.17, 15) is 0 Å². The summed E-state index contributed by atoms with van der Waals surface area (Å²) >= 11 is 5.04. The van der Waals surface area contributed by atoms with Crippen molar-refractivity contribution in [3.63, 3.8) is 0 Å². The molecule has 118 valence electrons. The minimum atomic E-state index is 0.599. The van der Waals surface area contributed by atoms with Crippen molar-refractivity contribution in [2.24, 2.45) is 0 Å². The number of hydrogen-bond acceptors (Lipinski definition) is 7. The number of thiophene rings is 3. The topological polar surface area (TPSA) is 36.9 Å². The number of hydrogen-bond donors (Lipinski definition) is 0. The summed E-state index contributed by atoms with van der Waals surface area (Å²) in [5.41, 5.74) is 1.17. The number of ether oxygens (including phenoxy) is 4. The first kappa shape index (κ1) is 13.7. The van der Waals surface area contributed by atoms with E-state index in [-0.39, 0.29) is 0 Å². The van der Waals surface area contributed by atoms with Crippen LogP contribution in [0.2, 0.25) is 0 Å². The van der Waals surface area contributed by atoms with Crippen LogP contribution in [0.25, 0.3) is 20.2 Å². The van der Waals surface area contributed by atoms with E-state index in [0.717, 1.165) is 32.8 Å². The molecule has 2 aliphatic rings. The van der Waals surface area contributed by atoms with Gasteiger partial charge in [-0.25, -0.2) is 0 Å². The van der Waals surface area contributed by atoms with Crippen molar-refractivity contribution in [2.75, 3.05) is 26.4 Å². The normalized spacial score (nSPS) is 15.7. The molecule has 0 radical (unpaired) electrons. The van der Waals surface area contributed by atoms with Gasteiger partial charge < -0.3 is 18.9 Å². The highest BCUT2D eigenvalue weighted by Crippen LogP contribution is 2.54. The third-order valence-corrected chi connectivity index (χ3v) is 6.71. The Morgan fingerprint density at radius 1 is 0.652 bits per heavy atom. The Hall–Kier alpha value is -1.70. The SMILES string of the molecule is c1cc(-c2scc3c2OCCO3)c(-c2scc3c2OCCO3)s1. The Balaban J connectivity index is 1.63. The zero-order valence-electron chi connectivity index (χ0n) is 12.0. The Morgan fingerprint density at radius 3 is 2.00 bits per heavy atom. The van der Waals surface area contributed by atoms with Gasteiger partial charge in [0.25, 0.3) is 0 Å². The molecule has 3 aromatic rings. The van der Waals surface area contributed by atoms with Crippen LogP contribution in [0.4, 0.5) is 0 Å². The number of fused-ring (bicyclic) bond motifs is 2. The van der Waals surface area contributed by atoms with Gasteiger partial charge in [-0.2, -0.15) is 0 Å². The Kier molecular flexibility index (Phi) is 3.24. The summed E-state index contributed by atoms with van der Waals surface area (Å²) in [6.45, 7) is 2.43. The fraction of sp³-hybridized carbons (Fsp3) is 0.250. The van der Waals surface area contributed by atoms with E-state index < -0.39 is 0 Å². The molecular weight excluding hydrogens is 352 g/mol. The van der Waals surface area contributed by atoms with Gasteiger partial charge in [0.15, 0.2) is 23.0 Å². The third kappa shape index (κ3) is 2.14. The maximum Gasteiger partial charge on any atom is 0.180 e. The fourth-order valence-electron chi connectivity index (χ4n) is 2.73. The second-order valence-electron chi connectivity index (χ2n) is 5.07. The van der Waals surface area contributed by atoms with Gasteiger partial charge in [0, 0.05) is 16.3 Å². The lowest BCUT2D eigenvalue weighted by Gasteiger charge is -2.17. The van der Waals surface area contributed by atoms with Crippen LogP contribution in [0.3, 0.4) is 0 Å². The molecule has 0 atom stereocenters. The standard InChI is InChI=1S/C16H12O4S3/c1-6-21-15(16-13-11(8-23-16)18-3-5-20-13)9(1)14-12-10(7-22-14)17-2-4-19-12/h1,6-8H,2-5H2. The van der Waals surface area contributed by atoms with Gasteiger partial charge >= 0.3 is 0 Å². The summed E-state index contributed by atoms with van der Waals surface area (Å²) < 4.78 is 23.0. The highest BCUT2D eigenvalue weighted by atomic mass is 32.1. The smallest absolute Gasteiger partial charge is 0.180 e. The van der Waals surface area contributed by atoms with E-state index in [1.165, 1.54) is 10.4 Å². The van der Waals surface area contributed by atoms with Crippen molar-refractivity contribution in [3.05, 3.63) is 22.2 Å². The van der Waals surface area contributed by atoms with Gasteiger partial charge in [-0.1, -0.05) is 0 Å². The lowest BCUT2D eigenvalue weighted by molar-refractivity contribution is 0.174. The molecule has 0 saturated heterocycles. The molecule has 0 aliphatic carbocycles. The van der Waals surface area contributed by atoms with E-state index in [2.05, 4.69) is 11.4 Å². The molecule has 0 amide bonds. The van der Waals surface area contributed by atoms with Gasteiger partial charge in [0.2, 0.25) is 0 Å². The highest BCUT2D eigenvalue weighted by Gasteiger charge is 2.26. The first-order chi connectivity index (χ1) is 11.4. The molecule has 0 N–H and O–H groups in total. The second-order valence-corrected chi connectivity index (χ2v) is 7.75. The van der Waals surface area contributed by atoms with Crippen molar-refractivity contribution in [3.8, 4) is 43.2 Å². The summed E-state index contributed by atoms with van der Waals surface area (Å²) in [4.78, 5) is 3.44. The number of rotatable bonds is 2. The summed E-state index contributed by atoms with van der Waals surface area (Å²) in [7, 11) is 0. The van der Waals surface area contributed by atoms with E-state index in [1.807, 2.05) is 10.8 Å². The zero-order chi connectivity index (χ0) is 15.2. The Labute approximate surface area is 144 Å². The molecule has 4 nitrogen and oxygen atoms in total. The fourth-order valence-corrected chi connectivity index (χ4v) is 5.77. The van der Waals surface area contributed by atoms with Crippen molar-refractivity contribution < 1.29 is 18.9 Å². The highest BCUT2D eigenvalue weighted by molar-refractivity contribution is 7.22. The van der Waals surface area contributed by atoms with E-state index in [4.69, 9.17) is 18.9 Å². The monoisotopic (exact) mass is 364 g/mol. The van der Waals surface area contributed by atoms with Gasteiger partial charge in [0.1, 0.15) is 26.4 Å². The van der Waals surface area contributed by atoms with Crippen LogP contribution in [0, 0.1) is 0 Å². The van der Waals surface area contributed by atoms with Crippen LogP contribution < -0.4 is 18.9 Å². The lowest BCUT2D eigenvalue weighted by Crippen LogP contribution is -2.14. The molecule has 7 heteroatoms. The molecular formula is C16H12O4S3. The molecule has 3 aromatic heterocycles. The zero-order valence-corrected chi connectivity index (χ0v) is 14.4. The second kappa shape index (κ2) is 5.43. The molecule has 5 rings (SSSR count). The third-order valence-electron chi connectivity index (χ3n) is 3.72. The lowest BCUT2D eigenvalue weighted by atomic mass is 10.1. The predicted octanol–water partition coefficient (Wildman–Crippen LogP) is 4.75. The van der Waals surface area contributed by atoms with Crippen molar-refractivity contribution in [2.45, 2.75) is 0 Å². The van der Waals surface area contributed by atoms with Crippen molar-refractivity contribution in [1.82, 2.24) is 0 Å². The van der Waals surface area contributed by atoms with Crippen LogP contribution in [-0.2, 0) is 0 Å². The first-order valence-corrected chi connectivity index (χ1v) is 9.88. The Morgan fingerprint density at radius 2 is 1.26 bits per heavy atom. The van der Waals surface area contributed by atoms with Gasteiger partial charge in [0.05, 0.1) is 14.6 Å². The molecule has 0 aromatic carbocycles. The average Bonchev–Trinajstić information content (AvgIpc) is 3.31. The van der Waals surface area contributed by atoms with Crippen LogP contribution in [-0.4, -0.2) is 26.4 Å². The minimum absolute atomic E-state index is 0.599. The van der Waals surface area contributed by atoms with Gasteiger partial charge in [-0.05, 0) is 11.4 Å². The summed E-state index contributed by atoms with van der Waals surface area (Å²) in [5, 5.41) is 6.15. The average molecular weight is 364 g/mol. The summed E-state index contributed by atoms with van der Waals surface area (Å²) in [6.07, 6.45) is 0. The molecule has 0 unspecified atom stereocenters. The molecule has 0 saturated carbocycles. The first-order valence-electron chi connectivity index (χ1n) is 7.24. The van der Waals surface area contributed by atoms with Crippen LogP contribution in [0.1, 0.15) is 0 Å². The van der Waals surface area contributed by atoms with Crippen LogP contribution in [0.15, 0.2) is 22.2 Å². The molecule has 0 fully saturated rings. The molecule has 0 spiro atoms. The van der Waals surface area contributed by atoms with Gasteiger partial charge in [-0.15, -0.1) is 34.0 Å². The van der Waals surface area contributed by atoms with Crippen LogP contribution >= 0.6 is 34.0 Å². The van der Waals surface area contributed by atoms with Gasteiger partial charge in [-0.3, -0.25) is 0 Å². The largest absolute Gasteiger partial charge is 0.485 e. The molecule has 23 heavy (non-hydrogen) atoms.